The van der Waals surface area contributed by atoms with Gasteiger partial charge in [-0.2, -0.15) is 13.2 Å². The standard InChI is InChI=1S/C29H27F6N3O2/c1-27(2,20-10-13-25(36-16-20)28(30,31)32)37-23-15-24(19-4-3-5-22(14-19)40-29(33,34)35)38(26(23)39)21-11-8-18(9-12-21)17-6-7-17/h3-5,8-14,16-17,23-24,37H,6-7,15H2,1-2H3/t23-,24-/m1/s1. The van der Waals surface area contributed by atoms with E-state index in [1.165, 1.54) is 24.3 Å². The SMILES string of the molecule is CC(C)(N[C@@H]1C[C@H](c2cccc(OC(F)(F)F)c2)N(c2ccc(C3CC3)cc2)C1=O)c1ccc(C(F)(F)F)nc1. The fourth-order valence-electron chi connectivity index (χ4n) is 5.16. The maximum absolute atomic E-state index is 13.8. The molecule has 5 rings (SSSR count). The Kier molecular flexibility index (Phi) is 7.06. The molecule has 0 unspecified atom stereocenters. The van der Waals surface area contributed by atoms with Crippen LogP contribution in [-0.2, 0) is 16.5 Å². The topological polar surface area (TPSA) is 54.5 Å². The Hall–Kier alpha value is -3.60. The third kappa shape index (κ3) is 6.09. The van der Waals surface area contributed by atoms with Gasteiger partial charge in [0.25, 0.3) is 0 Å². The highest BCUT2D eigenvalue weighted by Gasteiger charge is 2.44. The van der Waals surface area contributed by atoms with Gasteiger partial charge in [0, 0.05) is 17.4 Å². The predicted octanol–water partition coefficient (Wildman–Crippen LogP) is 7.25. The van der Waals surface area contributed by atoms with Crippen molar-refractivity contribution in [2.24, 2.45) is 0 Å². The third-order valence-electron chi connectivity index (χ3n) is 7.31. The summed E-state index contributed by atoms with van der Waals surface area (Å²) in [5, 5.41) is 3.25. The summed E-state index contributed by atoms with van der Waals surface area (Å²) in [5.74, 6) is -0.198. The van der Waals surface area contributed by atoms with Gasteiger partial charge < -0.3 is 9.64 Å². The van der Waals surface area contributed by atoms with Gasteiger partial charge in [0.2, 0.25) is 5.91 Å². The summed E-state index contributed by atoms with van der Waals surface area (Å²) in [6.07, 6.45) is -5.90. The second-order valence-corrected chi connectivity index (χ2v) is 10.7. The number of benzene rings is 2. The average molecular weight is 564 g/mol. The Bertz CT molecular complexity index is 1370. The summed E-state index contributed by atoms with van der Waals surface area (Å²) in [4.78, 5) is 18.9. The van der Waals surface area contributed by atoms with Crippen molar-refractivity contribution in [3.05, 3.63) is 89.2 Å². The van der Waals surface area contributed by atoms with Gasteiger partial charge in [0.05, 0.1) is 12.1 Å². The Balaban J connectivity index is 1.45. The monoisotopic (exact) mass is 563 g/mol. The van der Waals surface area contributed by atoms with Crippen LogP contribution in [0.3, 0.4) is 0 Å². The van der Waals surface area contributed by atoms with Gasteiger partial charge in [-0.25, -0.2) is 0 Å². The number of hydrogen-bond donors (Lipinski definition) is 1. The number of rotatable bonds is 7. The quantitative estimate of drug-likeness (QED) is 0.308. The molecule has 1 aliphatic carbocycles. The first kappa shape index (κ1) is 27.9. The van der Waals surface area contributed by atoms with E-state index in [1.807, 2.05) is 24.3 Å². The first-order chi connectivity index (χ1) is 18.7. The lowest BCUT2D eigenvalue weighted by Crippen LogP contribution is -2.47. The van der Waals surface area contributed by atoms with Crippen molar-refractivity contribution in [3.63, 3.8) is 0 Å². The highest BCUT2D eigenvalue weighted by Crippen LogP contribution is 2.43. The van der Waals surface area contributed by atoms with Gasteiger partial charge in [-0.15, -0.1) is 13.2 Å². The number of alkyl halides is 6. The van der Waals surface area contributed by atoms with Gasteiger partial charge in [-0.3, -0.25) is 15.1 Å². The molecular weight excluding hydrogens is 536 g/mol. The molecule has 0 spiro atoms. The van der Waals surface area contributed by atoms with E-state index in [1.54, 1.807) is 24.8 Å². The second-order valence-electron chi connectivity index (χ2n) is 10.7. The first-order valence-corrected chi connectivity index (χ1v) is 12.8. The Morgan fingerprint density at radius 3 is 2.20 bits per heavy atom. The van der Waals surface area contributed by atoms with Gasteiger partial charge in [-0.1, -0.05) is 30.3 Å². The maximum atomic E-state index is 13.8. The predicted molar refractivity (Wildman–Crippen MR) is 136 cm³/mol. The van der Waals surface area contributed by atoms with Gasteiger partial charge in [-0.05, 0) is 86.1 Å². The van der Waals surface area contributed by atoms with Crippen molar-refractivity contribution < 1.29 is 35.9 Å². The molecule has 1 N–H and O–H groups in total. The molecule has 0 radical (unpaired) electrons. The molecule has 0 bridgehead atoms. The largest absolute Gasteiger partial charge is 0.573 e. The molecule has 1 saturated heterocycles. The molecule has 3 aromatic rings. The van der Waals surface area contributed by atoms with Crippen LogP contribution in [0.2, 0.25) is 0 Å². The number of nitrogens with zero attached hydrogens (tertiary/aromatic N) is 2. The number of carbonyl (C=O) groups is 1. The van der Waals surface area contributed by atoms with Gasteiger partial charge in [0.15, 0.2) is 0 Å². The zero-order valence-corrected chi connectivity index (χ0v) is 21.7. The van der Waals surface area contributed by atoms with Crippen LogP contribution in [0.25, 0.3) is 0 Å². The maximum Gasteiger partial charge on any atom is 0.573 e. The van der Waals surface area contributed by atoms with Crippen LogP contribution in [-0.4, -0.2) is 23.3 Å². The van der Waals surface area contributed by atoms with Crippen molar-refractivity contribution >= 4 is 11.6 Å². The van der Waals surface area contributed by atoms with Crippen molar-refractivity contribution in [2.45, 2.75) is 69.2 Å². The number of anilines is 1. The van der Waals surface area contributed by atoms with Crippen LogP contribution in [0.5, 0.6) is 5.75 Å². The van der Waals surface area contributed by atoms with Crippen molar-refractivity contribution in [3.8, 4) is 5.75 Å². The highest BCUT2D eigenvalue weighted by molar-refractivity contribution is 6.00. The molecule has 212 valence electrons. The first-order valence-electron chi connectivity index (χ1n) is 12.8. The number of hydrogen-bond acceptors (Lipinski definition) is 4. The van der Waals surface area contributed by atoms with E-state index in [0.717, 1.165) is 30.7 Å². The van der Waals surface area contributed by atoms with Crippen molar-refractivity contribution in [2.75, 3.05) is 4.90 Å². The zero-order chi connectivity index (χ0) is 28.9. The summed E-state index contributed by atoms with van der Waals surface area (Å²) in [6.45, 7) is 3.45. The van der Waals surface area contributed by atoms with Crippen LogP contribution >= 0.6 is 0 Å². The molecule has 2 aromatic carbocycles. The van der Waals surface area contributed by atoms with E-state index in [0.29, 0.717) is 22.7 Å². The number of pyridine rings is 1. The van der Waals surface area contributed by atoms with E-state index in [9.17, 15) is 31.1 Å². The molecule has 2 fully saturated rings. The fourth-order valence-corrected chi connectivity index (χ4v) is 5.16. The minimum Gasteiger partial charge on any atom is -0.406 e. The van der Waals surface area contributed by atoms with Crippen LogP contribution < -0.4 is 15.0 Å². The molecule has 1 aromatic heterocycles. The Morgan fingerprint density at radius 1 is 0.925 bits per heavy atom. The van der Waals surface area contributed by atoms with E-state index >= 15 is 0 Å². The van der Waals surface area contributed by atoms with Gasteiger partial charge >= 0.3 is 12.5 Å². The third-order valence-corrected chi connectivity index (χ3v) is 7.31. The number of ether oxygens (including phenoxy) is 1. The van der Waals surface area contributed by atoms with E-state index in [2.05, 4.69) is 15.0 Å². The van der Waals surface area contributed by atoms with E-state index in [4.69, 9.17) is 0 Å². The molecule has 1 amide bonds. The number of aromatic nitrogens is 1. The number of carbonyl (C=O) groups excluding carboxylic acids is 1. The summed E-state index contributed by atoms with van der Waals surface area (Å²) in [5.41, 5.74) is 0.691. The molecular formula is C29H27F6N3O2. The summed E-state index contributed by atoms with van der Waals surface area (Å²) in [6, 6.07) is 13.9. The average Bonchev–Trinajstić information content (AvgIpc) is 3.67. The minimum atomic E-state index is -4.87. The lowest BCUT2D eigenvalue weighted by Gasteiger charge is -2.30. The van der Waals surface area contributed by atoms with Crippen LogP contribution in [0.1, 0.15) is 67.5 Å². The Morgan fingerprint density at radius 2 is 1.62 bits per heavy atom. The molecule has 5 nitrogen and oxygen atoms in total. The van der Waals surface area contributed by atoms with Crippen LogP contribution in [0.15, 0.2) is 66.9 Å². The molecule has 2 heterocycles. The smallest absolute Gasteiger partial charge is 0.406 e. The zero-order valence-electron chi connectivity index (χ0n) is 21.7. The Labute approximate surface area is 227 Å². The molecule has 11 heteroatoms. The molecule has 1 aliphatic heterocycles. The molecule has 2 aliphatic rings. The lowest BCUT2D eigenvalue weighted by atomic mass is 9.93. The van der Waals surface area contributed by atoms with Crippen LogP contribution in [0.4, 0.5) is 32.0 Å². The molecule has 40 heavy (non-hydrogen) atoms. The second kappa shape index (κ2) is 10.1. The molecule has 2 atom stereocenters. The van der Waals surface area contributed by atoms with Crippen LogP contribution in [0, 0.1) is 0 Å². The summed E-state index contributed by atoms with van der Waals surface area (Å²) >= 11 is 0. The van der Waals surface area contributed by atoms with Gasteiger partial charge in [0.1, 0.15) is 11.4 Å². The van der Waals surface area contributed by atoms with E-state index < -0.39 is 41.6 Å². The van der Waals surface area contributed by atoms with Crippen molar-refractivity contribution in [1.29, 1.82) is 0 Å². The molecule has 1 saturated carbocycles. The normalized spacial score (nSPS) is 20.2. The number of nitrogens with one attached hydrogen (secondary N) is 1. The highest BCUT2D eigenvalue weighted by atomic mass is 19.4. The fraction of sp³-hybridized carbons (Fsp3) is 0.379. The lowest BCUT2D eigenvalue weighted by molar-refractivity contribution is -0.274. The van der Waals surface area contributed by atoms with E-state index in [-0.39, 0.29) is 12.3 Å². The summed E-state index contributed by atoms with van der Waals surface area (Å²) < 4.78 is 81.8. The minimum absolute atomic E-state index is 0.205. The number of halogens is 6. The number of amides is 1. The summed E-state index contributed by atoms with van der Waals surface area (Å²) in [7, 11) is 0. The van der Waals surface area contributed by atoms with Crippen molar-refractivity contribution in [1.82, 2.24) is 10.3 Å².